The normalized spacial score (nSPS) is 21.4. The van der Waals surface area contributed by atoms with E-state index in [0.29, 0.717) is 23.5 Å². The predicted molar refractivity (Wildman–Crippen MR) is 101 cm³/mol. The van der Waals surface area contributed by atoms with E-state index in [2.05, 4.69) is 5.32 Å². The Bertz CT molecular complexity index is 769. The maximum absolute atomic E-state index is 12.5. The summed E-state index contributed by atoms with van der Waals surface area (Å²) in [7, 11) is 0. The van der Waals surface area contributed by atoms with Gasteiger partial charge in [0.15, 0.2) is 6.61 Å². The number of anilines is 1. The van der Waals surface area contributed by atoms with Crippen molar-refractivity contribution in [2.75, 3.05) is 44.3 Å². The third-order valence-electron chi connectivity index (χ3n) is 5.43. The highest BCUT2D eigenvalue weighted by atomic mass is 16.5. The number of hydrogen-bond donors (Lipinski definition) is 1. The topological polar surface area (TPSA) is 88.2 Å². The van der Waals surface area contributed by atoms with Crippen LogP contribution in [0.1, 0.15) is 36.0 Å². The zero-order chi connectivity index (χ0) is 19.5. The first kappa shape index (κ1) is 18.7. The van der Waals surface area contributed by atoms with Gasteiger partial charge >= 0.3 is 0 Å². The second kappa shape index (κ2) is 8.18. The second-order valence-corrected chi connectivity index (χ2v) is 7.38. The van der Waals surface area contributed by atoms with Crippen LogP contribution in [0.4, 0.5) is 5.69 Å². The monoisotopic (exact) mass is 387 g/mol. The van der Waals surface area contributed by atoms with Gasteiger partial charge in [-0.3, -0.25) is 19.3 Å². The minimum atomic E-state index is -0.281. The third-order valence-corrected chi connectivity index (χ3v) is 5.43. The maximum Gasteiger partial charge on any atom is 0.265 e. The molecule has 1 aromatic rings. The molecule has 0 spiro atoms. The number of nitrogens with one attached hydrogen (secondary N) is 1. The summed E-state index contributed by atoms with van der Waals surface area (Å²) < 4.78 is 11.0. The van der Waals surface area contributed by atoms with Crippen LogP contribution in [0.5, 0.6) is 5.75 Å². The van der Waals surface area contributed by atoms with E-state index in [1.165, 1.54) is 4.90 Å². The molecule has 2 fully saturated rings. The van der Waals surface area contributed by atoms with E-state index in [9.17, 15) is 14.4 Å². The molecule has 8 nitrogen and oxygen atoms in total. The predicted octanol–water partition coefficient (Wildman–Crippen LogP) is 0.943. The molecule has 1 aromatic carbocycles. The van der Waals surface area contributed by atoms with E-state index < -0.39 is 0 Å². The van der Waals surface area contributed by atoms with E-state index >= 15 is 0 Å². The summed E-state index contributed by atoms with van der Waals surface area (Å²) in [6, 6.07) is 4.96. The van der Waals surface area contributed by atoms with Crippen LogP contribution in [-0.4, -0.2) is 68.1 Å². The number of carbonyl (C=O) groups excluding carboxylic acids is 3. The summed E-state index contributed by atoms with van der Waals surface area (Å²) in [5, 5.41) is 2.88. The summed E-state index contributed by atoms with van der Waals surface area (Å²) in [6.45, 7) is 2.52. The molecule has 150 valence electrons. The fourth-order valence-electron chi connectivity index (χ4n) is 3.83. The van der Waals surface area contributed by atoms with Crippen LogP contribution in [0.3, 0.4) is 0 Å². The van der Waals surface area contributed by atoms with Crippen LogP contribution in [0.25, 0.3) is 0 Å². The van der Waals surface area contributed by atoms with Crippen molar-refractivity contribution in [3.63, 3.8) is 0 Å². The van der Waals surface area contributed by atoms with Crippen LogP contribution in [-0.2, 0) is 14.3 Å². The number of fused-ring (bicyclic) bond motifs is 1. The van der Waals surface area contributed by atoms with Gasteiger partial charge in [-0.25, -0.2) is 0 Å². The summed E-state index contributed by atoms with van der Waals surface area (Å²) in [6.07, 6.45) is 4.00. The van der Waals surface area contributed by atoms with Gasteiger partial charge in [0.2, 0.25) is 5.91 Å². The Morgan fingerprint density at radius 3 is 2.75 bits per heavy atom. The Kier molecular flexibility index (Phi) is 5.47. The number of hydrogen-bond acceptors (Lipinski definition) is 5. The molecule has 0 aliphatic carbocycles. The van der Waals surface area contributed by atoms with Crippen molar-refractivity contribution in [3.05, 3.63) is 23.8 Å². The van der Waals surface area contributed by atoms with E-state index in [4.69, 9.17) is 9.47 Å². The van der Waals surface area contributed by atoms with Gasteiger partial charge in [0.05, 0.1) is 11.8 Å². The molecular formula is C20H25N3O5. The third kappa shape index (κ3) is 3.96. The lowest BCUT2D eigenvalue weighted by molar-refractivity contribution is -0.131. The van der Waals surface area contributed by atoms with Gasteiger partial charge in [0.25, 0.3) is 11.8 Å². The molecule has 0 aromatic heterocycles. The largest absolute Gasteiger partial charge is 0.482 e. The lowest BCUT2D eigenvalue weighted by Crippen LogP contribution is -2.46. The number of ether oxygens (including phenoxy) is 2. The Balaban J connectivity index is 1.48. The van der Waals surface area contributed by atoms with Crippen molar-refractivity contribution >= 4 is 23.4 Å². The number of likely N-dealkylation sites (tertiary alicyclic amines) is 1. The molecule has 3 aliphatic heterocycles. The number of nitrogens with zero attached hydrogens (tertiary/aromatic N) is 2. The lowest BCUT2D eigenvalue weighted by Gasteiger charge is -2.30. The van der Waals surface area contributed by atoms with Crippen molar-refractivity contribution in [2.24, 2.45) is 0 Å². The van der Waals surface area contributed by atoms with Crippen LogP contribution < -0.4 is 15.0 Å². The molecule has 1 N–H and O–H groups in total. The summed E-state index contributed by atoms with van der Waals surface area (Å²) in [5.74, 6) is -0.0875. The van der Waals surface area contributed by atoms with Gasteiger partial charge in [-0.2, -0.15) is 0 Å². The highest BCUT2D eigenvalue weighted by molar-refractivity contribution is 6.04. The summed E-state index contributed by atoms with van der Waals surface area (Å²) >= 11 is 0. The Morgan fingerprint density at radius 2 is 2.00 bits per heavy atom. The molecule has 28 heavy (non-hydrogen) atoms. The van der Waals surface area contributed by atoms with Crippen molar-refractivity contribution in [2.45, 2.75) is 31.8 Å². The SMILES string of the molecule is O=C(NCC1CCCO1)c1ccc2c(c1)N(CC(=O)N1CCCC1)C(=O)CO2. The number of amides is 3. The van der Waals surface area contributed by atoms with E-state index in [1.54, 1.807) is 23.1 Å². The maximum atomic E-state index is 12.5. The van der Waals surface area contributed by atoms with Gasteiger partial charge < -0.3 is 19.7 Å². The Hall–Kier alpha value is -2.61. The van der Waals surface area contributed by atoms with Gasteiger partial charge in [0, 0.05) is 31.8 Å². The first-order chi connectivity index (χ1) is 13.6. The van der Waals surface area contributed by atoms with Crippen LogP contribution in [0.15, 0.2) is 18.2 Å². The van der Waals surface area contributed by atoms with E-state index in [0.717, 1.165) is 45.4 Å². The van der Waals surface area contributed by atoms with Crippen LogP contribution >= 0.6 is 0 Å². The average molecular weight is 387 g/mol. The standard InChI is InChI=1S/C20H25N3O5/c24-18(22-7-1-2-8-22)12-23-16-10-14(5-6-17(16)28-13-19(23)25)20(26)21-11-15-4-3-9-27-15/h5-6,10,15H,1-4,7-9,11-13H2,(H,21,26). The molecule has 0 bridgehead atoms. The first-order valence-electron chi connectivity index (χ1n) is 9.86. The summed E-state index contributed by atoms with van der Waals surface area (Å²) in [5.41, 5.74) is 0.891. The molecular weight excluding hydrogens is 362 g/mol. The van der Waals surface area contributed by atoms with Crippen LogP contribution in [0.2, 0.25) is 0 Å². The first-order valence-corrected chi connectivity index (χ1v) is 9.86. The zero-order valence-corrected chi connectivity index (χ0v) is 15.8. The molecule has 3 heterocycles. The van der Waals surface area contributed by atoms with Crippen LogP contribution in [0, 0.1) is 0 Å². The van der Waals surface area contributed by atoms with Gasteiger partial charge in [-0.15, -0.1) is 0 Å². The second-order valence-electron chi connectivity index (χ2n) is 7.38. The van der Waals surface area contributed by atoms with Gasteiger partial charge in [-0.1, -0.05) is 0 Å². The smallest absolute Gasteiger partial charge is 0.265 e. The minimum Gasteiger partial charge on any atom is -0.482 e. The minimum absolute atomic E-state index is 0.0316. The number of carbonyl (C=O) groups is 3. The molecule has 0 saturated carbocycles. The Labute approximate surface area is 163 Å². The molecule has 1 unspecified atom stereocenters. The van der Waals surface area contributed by atoms with Crippen molar-refractivity contribution in [1.82, 2.24) is 10.2 Å². The number of rotatable bonds is 5. The van der Waals surface area contributed by atoms with Gasteiger partial charge in [0.1, 0.15) is 12.3 Å². The fraction of sp³-hybridized carbons (Fsp3) is 0.550. The van der Waals surface area contributed by atoms with E-state index in [-0.39, 0.29) is 37.0 Å². The quantitative estimate of drug-likeness (QED) is 0.813. The molecule has 4 rings (SSSR count). The molecule has 2 saturated heterocycles. The Morgan fingerprint density at radius 1 is 1.18 bits per heavy atom. The zero-order valence-electron chi connectivity index (χ0n) is 15.8. The lowest BCUT2D eigenvalue weighted by atomic mass is 10.1. The van der Waals surface area contributed by atoms with Crippen molar-refractivity contribution < 1.29 is 23.9 Å². The van der Waals surface area contributed by atoms with E-state index in [1.807, 2.05) is 0 Å². The van der Waals surface area contributed by atoms with Crippen molar-refractivity contribution in [1.29, 1.82) is 0 Å². The molecule has 1 atom stereocenters. The molecule has 3 aliphatic rings. The highest BCUT2D eigenvalue weighted by Gasteiger charge is 2.30. The van der Waals surface area contributed by atoms with Gasteiger partial charge in [-0.05, 0) is 43.9 Å². The number of benzene rings is 1. The average Bonchev–Trinajstić information content (AvgIpc) is 3.42. The summed E-state index contributed by atoms with van der Waals surface area (Å²) in [4.78, 5) is 40.7. The molecule has 0 radical (unpaired) electrons. The molecule has 8 heteroatoms. The van der Waals surface area contributed by atoms with Crippen molar-refractivity contribution in [3.8, 4) is 5.75 Å². The highest BCUT2D eigenvalue weighted by Crippen LogP contribution is 2.33. The molecule has 3 amide bonds. The fourth-order valence-corrected chi connectivity index (χ4v) is 3.83.